The van der Waals surface area contributed by atoms with Crippen LogP contribution in [0.3, 0.4) is 0 Å². The second kappa shape index (κ2) is 9.09. The summed E-state index contributed by atoms with van der Waals surface area (Å²) in [5, 5.41) is 8.69. The number of aliphatic carboxylic acids is 1. The number of carboxylic acid groups (broad SMARTS) is 1. The lowest BCUT2D eigenvalue weighted by atomic mass is 10.2. The minimum atomic E-state index is -0.847. The van der Waals surface area contributed by atoms with E-state index < -0.39 is 5.97 Å². The molecule has 0 spiro atoms. The van der Waals surface area contributed by atoms with Crippen LogP contribution in [-0.4, -0.2) is 36.7 Å². The zero-order valence-electron chi connectivity index (χ0n) is 11.7. The van der Waals surface area contributed by atoms with Crippen LogP contribution in [0, 0.1) is 0 Å². The molecule has 0 aliphatic rings. The monoisotopic (exact) mass is 279 g/mol. The van der Waals surface area contributed by atoms with Crippen LogP contribution >= 0.6 is 0 Å². The summed E-state index contributed by atoms with van der Waals surface area (Å²) in [5.74, 6) is -0.894. The Kier molecular flexibility index (Phi) is 7.35. The molecule has 1 aromatic rings. The third kappa shape index (κ3) is 5.84. The number of nitrogens with zero attached hydrogens (tertiary/aromatic N) is 1. The first-order chi connectivity index (χ1) is 9.65. The van der Waals surface area contributed by atoms with Gasteiger partial charge in [-0.1, -0.05) is 18.2 Å². The molecule has 0 saturated heterocycles. The average molecular weight is 279 g/mol. The number of amides is 1. The number of carboxylic acids is 1. The van der Waals surface area contributed by atoms with Crippen LogP contribution in [0.25, 0.3) is 0 Å². The molecule has 0 unspecified atom stereocenters. The minimum absolute atomic E-state index is 0.0463. The quantitative estimate of drug-likeness (QED) is 0.704. The summed E-state index contributed by atoms with van der Waals surface area (Å²) < 4.78 is 5.19. The topological polar surface area (TPSA) is 66.8 Å². The fourth-order valence-corrected chi connectivity index (χ4v) is 1.83. The predicted molar refractivity (Wildman–Crippen MR) is 76.8 cm³/mol. The van der Waals surface area contributed by atoms with E-state index in [1.807, 2.05) is 37.3 Å². The summed E-state index contributed by atoms with van der Waals surface area (Å²) >= 11 is 0. The second-order valence-corrected chi connectivity index (χ2v) is 4.33. The fourth-order valence-electron chi connectivity index (χ4n) is 1.83. The highest BCUT2D eigenvalue weighted by molar-refractivity contribution is 5.93. The third-order valence-electron chi connectivity index (χ3n) is 2.81. The molecule has 110 valence electrons. The van der Waals surface area contributed by atoms with Gasteiger partial charge in [-0.15, -0.1) is 0 Å². The lowest BCUT2D eigenvalue weighted by Crippen LogP contribution is -2.32. The normalized spacial score (nSPS) is 10.2. The van der Waals surface area contributed by atoms with E-state index in [9.17, 15) is 9.59 Å². The highest BCUT2D eigenvalue weighted by Gasteiger charge is 2.15. The molecular formula is C15H21NO4. The zero-order chi connectivity index (χ0) is 14.8. The van der Waals surface area contributed by atoms with E-state index in [4.69, 9.17) is 9.84 Å². The number of para-hydroxylation sites is 1. The Balaban J connectivity index is 2.63. The smallest absolute Gasteiger partial charge is 0.303 e. The molecule has 1 rings (SSSR count). The summed E-state index contributed by atoms with van der Waals surface area (Å²) in [7, 11) is 0. The van der Waals surface area contributed by atoms with Crippen molar-refractivity contribution in [2.24, 2.45) is 0 Å². The Morgan fingerprint density at radius 1 is 1.20 bits per heavy atom. The summed E-state index contributed by atoms with van der Waals surface area (Å²) in [4.78, 5) is 24.4. The van der Waals surface area contributed by atoms with Gasteiger partial charge in [0.1, 0.15) is 0 Å². The van der Waals surface area contributed by atoms with Gasteiger partial charge in [0.2, 0.25) is 5.91 Å². The molecule has 5 heteroatoms. The Bertz CT molecular complexity index is 419. The molecule has 5 nitrogen and oxygen atoms in total. The van der Waals surface area contributed by atoms with Gasteiger partial charge in [0.05, 0.1) is 13.0 Å². The van der Waals surface area contributed by atoms with Crippen LogP contribution < -0.4 is 4.90 Å². The fraction of sp³-hybridized carbons (Fsp3) is 0.467. The number of carbonyl (C=O) groups is 2. The largest absolute Gasteiger partial charge is 0.481 e. The molecule has 0 atom stereocenters. The molecule has 1 aromatic carbocycles. The van der Waals surface area contributed by atoms with Gasteiger partial charge in [-0.2, -0.15) is 0 Å². The highest BCUT2D eigenvalue weighted by atomic mass is 16.5. The molecule has 1 N–H and O–H groups in total. The van der Waals surface area contributed by atoms with Gasteiger partial charge in [0.15, 0.2) is 0 Å². The molecule has 1 amide bonds. The second-order valence-electron chi connectivity index (χ2n) is 4.33. The molecule has 0 heterocycles. The van der Waals surface area contributed by atoms with Gasteiger partial charge in [0, 0.05) is 25.3 Å². The van der Waals surface area contributed by atoms with Crippen LogP contribution in [0.2, 0.25) is 0 Å². The molecule has 20 heavy (non-hydrogen) atoms. The number of anilines is 1. The maximum Gasteiger partial charge on any atom is 0.303 e. The van der Waals surface area contributed by atoms with Crippen molar-refractivity contribution in [1.29, 1.82) is 0 Å². The highest BCUT2D eigenvalue weighted by Crippen LogP contribution is 2.15. The molecule has 0 bridgehead atoms. The third-order valence-corrected chi connectivity index (χ3v) is 2.81. The van der Waals surface area contributed by atoms with Gasteiger partial charge in [-0.05, 0) is 25.5 Å². The van der Waals surface area contributed by atoms with Gasteiger partial charge < -0.3 is 14.7 Å². The number of rotatable bonds is 9. The molecule has 0 fully saturated rings. The van der Waals surface area contributed by atoms with Crippen molar-refractivity contribution in [1.82, 2.24) is 0 Å². The number of benzene rings is 1. The van der Waals surface area contributed by atoms with Crippen LogP contribution in [0.4, 0.5) is 5.69 Å². The Morgan fingerprint density at radius 2 is 1.90 bits per heavy atom. The van der Waals surface area contributed by atoms with Crippen molar-refractivity contribution in [2.75, 3.05) is 24.7 Å². The van der Waals surface area contributed by atoms with E-state index in [-0.39, 0.29) is 12.3 Å². The van der Waals surface area contributed by atoms with Crippen LogP contribution in [0.1, 0.15) is 26.2 Å². The van der Waals surface area contributed by atoms with Crippen molar-refractivity contribution >= 4 is 17.6 Å². The molecule has 0 radical (unpaired) electrons. The van der Waals surface area contributed by atoms with Gasteiger partial charge in [-0.25, -0.2) is 0 Å². The van der Waals surface area contributed by atoms with Crippen molar-refractivity contribution in [3.05, 3.63) is 30.3 Å². The number of hydrogen-bond acceptors (Lipinski definition) is 3. The number of hydrogen-bond donors (Lipinski definition) is 1. The van der Waals surface area contributed by atoms with E-state index in [2.05, 4.69) is 0 Å². The van der Waals surface area contributed by atoms with Crippen molar-refractivity contribution in [2.45, 2.75) is 26.2 Å². The summed E-state index contributed by atoms with van der Waals surface area (Å²) in [6, 6.07) is 9.28. The maximum atomic E-state index is 12.2. The van der Waals surface area contributed by atoms with E-state index in [0.29, 0.717) is 32.6 Å². The van der Waals surface area contributed by atoms with Crippen LogP contribution in [0.5, 0.6) is 0 Å². The molecule has 0 aliphatic heterocycles. The van der Waals surface area contributed by atoms with E-state index in [0.717, 1.165) is 5.69 Å². The van der Waals surface area contributed by atoms with Gasteiger partial charge in [-0.3, -0.25) is 9.59 Å². The van der Waals surface area contributed by atoms with E-state index >= 15 is 0 Å². The predicted octanol–water partition coefficient (Wildman–Crippen LogP) is 2.31. The van der Waals surface area contributed by atoms with E-state index in [1.54, 1.807) is 4.90 Å². The van der Waals surface area contributed by atoms with E-state index in [1.165, 1.54) is 0 Å². The van der Waals surface area contributed by atoms with Gasteiger partial charge >= 0.3 is 5.97 Å². The molecular weight excluding hydrogens is 258 g/mol. The maximum absolute atomic E-state index is 12.2. The summed E-state index contributed by atoms with van der Waals surface area (Å²) in [5.41, 5.74) is 0.791. The Hall–Kier alpha value is -1.88. The Labute approximate surface area is 119 Å². The Morgan fingerprint density at radius 3 is 2.50 bits per heavy atom. The summed E-state index contributed by atoms with van der Waals surface area (Å²) in [6.07, 6.45) is 0.794. The lowest BCUT2D eigenvalue weighted by Gasteiger charge is -2.22. The first kappa shape index (κ1) is 16.2. The lowest BCUT2D eigenvalue weighted by molar-refractivity contribution is -0.137. The van der Waals surface area contributed by atoms with Crippen LogP contribution in [0.15, 0.2) is 30.3 Å². The summed E-state index contributed by atoms with van der Waals surface area (Å²) in [6.45, 7) is 3.25. The first-order valence-corrected chi connectivity index (χ1v) is 6.80. The standard InChI is InChI=1S/C15H21NO4/c1-2-20-12-10-14(17)16(11-6-9-15(18)19)13-7-4-3-5-8-13/h3-5,7-8H,2,6,9-12H2,1H3,(H,18,19). The number of carbonyl (C=O) groups excluding carboxylic acids is 1. The zero-order valence-corrected chi connectivity index (χ0v) is 11.7. The van der Waals surface area contributed by atoms with Gasteiger partial charge in [0.25, 0.3) is 0 Å². The van der Waals surface area contributed by atoms with Crippen LogP contribution in [-0.2, 0) is 14.3 Å². The number of ether oxygens (including phenoxy) is 1. The minimum Gasteiger partial charge on any atom is -0.481 e. The molecule has 0 aliphatic carbocycles. The molecule has 0 aromatic heterocycles. The van der Waals surface area contributed by atoms with Crippen molar-refractivity contribution in [3.63, 3.8) is 0 Å². The first-order valence-electron chi connectivity index (χ1n) is 6.80. The van der Waals surface area contributed by atoms with Crippen molar-refractivity contribution < 1.29 is 19.4 Å². The SMILES string of the molecule is CCOCCC(=O)N(CCCC(=O)O)c1ccccc1. The van der Waals surface area contributed by atoms with Crippen molar-refractivity contribution in [3.8, 4) is 0 Å². The molecule has 0 saturated carbocycles. The average Bonchev–Trinajstić information content (AvgIpc) is 2.44.